The topological polar surface area (TPSA) is 214 Å². The third-order valence-electron chi connectivity index (χ3n) is 11.4. The van der Waals surface area contributed by atoms with Gasteiger partial charge in [0.1, 0.15) is 54.9 Å². The van der Waals surface area contributed by atoms with Gasteiger partial charge in [0.05, 0.1) is 26.4 Å². The highest BCUT2D eigenvalue weighted by Crippen LogP contribution is 2.26. The van der Waals surface area contributed by atoms with Gasteiger partial charge in [-0.3, -0.25) is 4.79 Å². The molecule has 2 rings (SSSR count). The summed E-state index contributed by atoms with van der Waals surface area (Å²) in [7, 11) is 0. The van der Waals surface area contributed by atoms with Gasteiger partial charge in [-0.05, 0) is 12.8 Å². The molecule has 0 radical (unpaired) electrons. The summed E-state index contributed by atoms with van der Waals surface area (Å²) in [5.74, 6) is -0.374. The number of hydrogen-bond donors (Lipinski definition) is 7. The molecule has 0 spiro atoms. The minimum atomic E-state index is -1.70. The molecule has 0 amide bonds. The number of unbranched alkanes of at least 4 members (excludes halogenated alkanes) is 22. The van der Waals surface area contributed by atoms with Gasteiger partial charge in [-0.1, -0.05) is 155 Å². The number of carbonyl (C=O) groups excluding carboxylic acids is 1. The minimum Gasteiger partial charge on any atom is -0.457 e. The fourth-order valence-electron chi connectivity index (χ4n) is 7.52. The van der Waals surface area contributed by atoms with Crippen molar-refractivity contribution in [3.05, 3.63) is 0 Å². The monoisotopic (exact) mass is 837 g/mol. The van der Waals surface area contributed by atoms with Gasteiger partial charge in [0.25, 0.3) is 0 Å². The predicted molar refractivity (Wildman–Crippen MR) is 220 cm³/mol. The zero-order valence-electron chi connectivity index (χ0n) is 36.1. The lowest BCUT2D eigenvalue weighted by Crippen LogP contribution is -2.61. The van der Waals surface area contributed by atoms with Crippen molar-refractivity contribution in [1.82, 2.24) is 0 Å². The van der Waals surface area contributed by atoms with Crippen molar-refractivity contribution in [1.29, 1.82) is 0 Å². The van der Waals surface area contributed by atoms with E-state index in [0.717, 1.165) is 38.5 Å². The Hall–Kier alpha value is -1.01. The Morgan fingerprint density at radius 2 is 0.914 bits per heavy atom. The van der Waals surface area contributed by atoms with Gasteiger partial charge in [0, 0.05) is 13.0 Å². The van der Waals surface area contributed by atoms with Crippen molar-refractivity contribution in [2.45, 2.75) is 242 Å². The van der Waals surface area contributed by atoms with Crippen LogP contribution in [0.4, 0.5) is 0 Å². The third kappa shape index (κ3) is 22.2. The van der Waals surface area contributed by atoms with Crippen molar-refractivity contribution >= 4 is 5.97 Å². The number of rotatable bonds is 36. The van der Waals surface area contributed by atoms with Gasteiger partial charge in [0.2, 0.25) is 0 Å². The lowest BCUT2D eigenvalue weighted by molar-refractivity contribution is -0.332. The van der Waals surface area contributed by atoms with E-state index in [2.05, 4.69) is 13.8 Å². The molecule has 2 aliphatic rings. The van der Waals surface area contributed by atoms with E-state index in [4.69, 9.17) is 28.4 Å². The Morgan fingerprint density at radius 3 is 1.40 bits per heavy atom. The second-order valence-electron chi connectivity index (χ2n) is 16.6. The molecule has 2 saturated heterocycles. The van der Waals surface area contributed by atoms with Crippen molar-refractivity contribution < 1.29 is 69.0 Å². The lowest BCUT2D eigenvalue weighted by Gasteiger charge is -2.42. The molecule has 0 aliphatic carbocycles. The molecule has 11 unspecified atom stereocenters. The van der Waals surface area contributed by atoms with E-state index in [-0.39, 0.29) is 25.6 Å². The van der Waals surface area contributed by atoms with Gasteiger partial charge in [-0.2, -0.15) is 0 Å². The number of hydrogen-bond acceptors (Lipinski definition) is 14. The highest BCUT2D eigenvalue weighted by molar-refractivity contribution is 5.69. The molecule has 0 aromatic carbocycles. The second-order valence-corrected chi connectivity index (χ2v) is 16.6. The van der Waals surface area contributed by atoms with Crippen LogP contribution in [0.1, 0.15) is 174 Å². The first kappa shape index (κ1) is 53.1. The molecular weight excluding hydrogens is 752 g/mol. The first-order valence-electron chi connectivity index (χ1n) is 23.1. The highest BCUT2D eigenvalue weighted by Gasteiger charge is 2.47. The molecule has 0 aromatic rings. The molecule has 14 nitrogen and oxygen atoms in total. The summed E-state index contributed by atoms with van der Waals surface area (Å²) in [6.07, 6.45) is 13.1. The van der Waals surface area contributed by atoms with Crippen molar-refractivity contribution in [3.63, 3.8) is 0 Å². The molecule has 0 saturated carbocycles. The van der Waals surface area contributed by atoms with E-state index in [1.54, 1.807) is 0 Å². The molecule has 344 valence electrons. The van der Waals surface area contributed by atoms with Crippen molar-refractivity contribution in [3.8, 4) is 0 Å². The van der Waals surface area contributed by atoms with Crippen LogP contribution in [-0.2, 0) is 33.2 Å². The summed E-state index contributed by atoms with van der Waals surface area (Å²) < 4.78 is 34.1. The van der Waals surface area contributed by atoms with Gasteiger partial charge < -0.3 is 64.2 Å². The van der Waals surface area contributed by atoms with E-state index in [0.29, 0.717) is 13.0 Å². The zero-order valence-corrected chi connectivity index (χ0v) is 36.1. The van der Waals surface area contributed by atoms with Crippen molar-refractivity contribution in [2.24, 2.45) is 0 Å². The largest absolute Gasteiger partial charge is 0.457 e. The average Bonchev–Trinajstić information content (AvgIpc) is 3.22. The fourth-order valence-corrected chi connectivity index (χ4v) is 7.52. The van der Waals surface area contributed by atoms with Crippen LogP contribution in [0.2, 0.25) is 0 Å². The lowest BCUT2D eigenvalue weighted by atomic mass is 9.98. The number of aliphatic hydroxyl groups is 7. The maximum Gasteiger partial charge on any atom is 0.306 e. The van der Waals surface area contributed by atoms with Crippen LogP contribution in [0, 0.1) is 0 Å². The van der Waals surface area contributed by atoms with Crippen LogP contribution < -0.4 is 0 Å². The normalized spacial score (nSPS) is 28.2. The summed E-state index contributed by atoms with van der Waals surface area (Å²) in [6.45, 7) is 3.69. The maximum atomic E-state index is 12.9. The summed E-state index contributed by atoms with van der Waals surface area (Å²) >= 11 is 0. The average molecular weight is 837 g/mol. The number of aliphatic hydroxyl groups excluding tert-OH is 7. The van der Waals surface area contributed by atoms with E-state index in [9.17, 15) is 40.5 Å². The Labute approximate surface area is 349 Å². The van der Waals surface area contributed by atoms with E-state index >= 15 is 0 Å². The summed E-state index contributed by atoms with van der Waals surface area (Å²) in [4.78, 5) is 12.9. The number of ether oxygens (including phenoxy) is 6. The quantitative estimate of drug-likeness (QED) is 0.0313. The van der Waals surface area contributed by atoms with Crippen molar-refractivity contribution in [2.75, 3.05) is 33.0 Å². The Kier molecular flexibility index (Phi) is 30.8. The van der Waals surface area contributed by atoms with Crippen LogP contribution in [-0.4, -0.2) is 142 Å². The van der Waals surface area contributed by atoms with Gasteiger partial charge in [0.15, 0.2) is 12.6 Å². The molecule has 2 fully saturated rings. The summed E-state index contributed by atoms with van der Waals surface area (Å²) in [6, 6.07) is 0. The highest BCUT2D eigenvalue weighted by atomic mass is 16.7. The minimum absolute atomic E-state index is 0.0692. The first-order valence-corrected chi connectivity index (χ1v) is 23.1. The molecule has 0 aromatic heterocycles. The van der Waals surface area contributed by atoms with Crippen LogP contribution >= 0.6 is 0 Å². The smallest absolute Gasteiger partial charge is 0.306 e. The Bertz CT molecular complexity index is 975. The SMILES string of the molecule is CCCCCCCCCCCCCCCC(=O)OC(COCCCCCCCCCCCCC)COC1OC(COC2OC(CO)C(O)C(O)C2O)C(O)C(O)C1O. The van der Waals surface area contributed by atoms with E-state index in [1.165, 1.54) is 109 Å². The molecule has 7 N–H and O–H groups in total. The molecule has 11 atom stereocenters. The summed E-state index contributed by atoms with van der Waals surface area (Å²) in [5, 5.41) is 71.8. The zero-order chi connectivity index (χ0) is 42.4. The second kappa shape index (κ2) is 33.6. The third-order valence-corrected chi connectivity index (χ3v) is 11.4. The Morgan fingerprint density at radius 1 is 0.500 bits per heavy atom. The number of esters is 1. The van der Waals surface area contributed by atoms with Gasteiger partial charge >= 0.3 is 5.97 Å². The van der Waals surface area contributed by atoms with E-state index in [1.807, 2.05) is 0 Å². The molecular formula is C44H84O14. The predicted octanol–water partition coefficient (Wildman–Crippen LogP) is 5.35. The Balaban J connectivity index is 1.81. The van der Waals surface area contributed by atoms with Gasteiger partial charge in [-0.25, -0.2) is 0 Å². The maximum absolute atomic E-state index is 12.9. The standard InChI is InChI=1S/C44H84O14/c1-3-5-7-9-11-13-15-16-17-19-21-23-25-27-36(46)56-33(30-53-28-26-24-22-20-18-14-12-10-8-6-4-2)31-54-43-42(52)40(50)38(48)35(58-43)32-55-44-41(51)39(49)37(47)34(29-45)57-44/h33-35,37-45,47-52H,3-32H2,1-2H3. The molecule has 58 heavy (non-hydrogen) atoms. The van der Waals surface area contributed by atoms with Crippen LogP contribution in [0.5, 0.6) is 0 Å². The summed E-state index contributed by atoms with van der Waals surface area (Å²) in [5.41, 5.74) is 0. The van der Waals surface area contributed by atoms with Gasteiger partial charge in [-0.15, -0.1) is 0 Å². The van der Waals surface area contributed by atoms with Crippen LogP contribution in [0.15, 0.2) is 0 Å². The van der Waals surface area contributed by atoms with E-state index < -0.39 is 80.7 Å². The molecule has 2 heterocycles. The van der Waals surface area contributed by atoms with Crippen LogP contribution in [0.25, 0.3) is 0 Å². The van der Waals surface area contributed by atoms with Crippen LogP contribution in [0.3, 0.4) is 0 Å². The fraction of sp³-hybridized carbons (Fsp3) is 0.977. The molecule has 14 heteroatoms. The first-order chi connectivity index (χ1) is 28.1. The molecule has 2 aliphatic heterocycles. The number of carbonyl (C=O) groups is 1. The molecule has 0 bridgehead atoms.